The summed E-state index contributed by atoms with van der Waals surface area (Å²) in [7, 11) is 0. The van der Waals surface area contributed by atoms with E-state index < -0.39 is 0 Å². The number of amides is 1. The molecule has 1 amide bonds. The third-order valence-corrected chi connectivity index (χ3v) is 3.35. The van der Waals surface area contributed by atoms with Crippen LogP contribution in [0.2, 0.25) is 5.02 Å². The lowest BCUT2D eigenvalue weighted by atomic mass is 10.1. The molecular weight excluding hydrogens is 267 g/mol. The molecule has 0 heterocycles. The molecule has 19 heavy (non-hydrogen) atoms. The molecule has 1 aromatic carbocycles. The van der Waals surface area contributed by atoms with Crippen molar-refractivity contribution in [3.8, 4) is 0 Å². The Labute approximate surface area is 118 Å². The first-order valence-electron chi connectivity index (χ1n) is 6.43. The highest BCUT2D eigenvalue weighted by molar-refractivity contribution is 6.31. The molecule has 1 atom stereocenters. The predicted octanol–water partition coefficient (Wildman–Crippen LogP) is 2.81. The second-order valence-electron chi connectivity index (χ2n) is 4.60. The van der Waals surface area contributed by atoms with Crippen LogP contribution in [0.5, 0.6) is 0 Å². The van der Waals surface area contributed by atoms with E-state index >= 15 is 0 Å². The van der Waals surface area contributed by atoms with E-state index in [0.717, 1.165) is 6.42 Å². The number of carbonyl (C=O) groups excluding carboxylic acids is 1. The van der Waals surface area contributed by atoms with E-state index in [1.165, 1.54) is 6.07 Å². The summed E-state index contributed by atoms with van der Waals surface area (Å²) in [4.78, 5) is 13.8. The molecule has 0 saturated carbocycles. The number of carbonyl (C=O) groups is 1. The highest BCUT2D eigenvalue weighted by Gasteiger charge is 2.21. The topological polar surface area (TPSA) is 46.3 Å². The molecule has 106 valence electrons. The zero-order chi connectivity index (χ0) is 14.4. The number of hydrogen-bond donors (Lipinski definition) is 1. The van der Waals surface area contributed by atoms with Crippen molar-refractivity contribution in [3.05, 3.63) is 34.6 Å². The molecule has 3 nitrogen and oxygen atoms in total. The molecule has 0 aromatic heterocycles. The van der Waals surface area contributed by atoms with Gasteiger partial charge >= 0.3 is 0 Å². The molecule has 5 heteroatoms. The van der Waals surface area contributed by atoms with Crippen LogP contribution in [0, 0.1) is 11.7 Å². The zero-order valence-corrected chi connectivity index (χ0v) is 12.1. The van der Waals surface area contributed by atoms with E-state index in [4.69, 9.17) is 17.3 Å². The Balaban J connectivity index is 2.93. The van der Waals surface area contributed by atoms with Crippen molar-refractivity contribution in [2.24, 2.45) is 11.7 Å². The zero-order valence-electron chi connectivity index (χ0n) is 11.3. The van der Waals surface area contributed by atoms with Crippen LogP contribution >= 0.6 is 11.6 Å². The molecule has 0 fully saturated rings. The lowest BCUT2D eigenvalue weighted by molar-refractivity contribution is -0.135. The van der Waals surface area contributed by atoms with Crippen LogP contribution in [-0.4, -0.2) is 23.9 Å². The average molecular weight is 287 g/mol. The Morgan fingerprint density at radius 2 is 2.21 bits per heavy atom. The quantitative estimate of drug-likeness (QED) is 0.874. The van der Waals surface area contributed by atoms with Gasteiger partial charge in [0.1, 0.15) is 5.82 Å². The Hall–Kier alpha value is -1.13. The molecule has 0 aliphatic rings. The maximum atomic E-state index is 13.8. The summed E-state index contributed by atoms with van der Waals surface area (Å²) in [5.74, 6) is -0.720. The Kier molecular flexibility index (Phi) is 6.25. The Morgan fingerprint density at radius 3 is 2.74 bits per heavy atom. The van der Waals surface area contributed by atoms with Crippen molar-refractivity contribution in [1.29, 1.82) is 0 Å². The summed E-state index contributed by atoms with van der Waals surface area (Å²) in [6.45, 7) is 4.77. The number of hydrogen-bond acceptors (Lipinski definition) is 2. The summed E-state index contributed by atoms with van der Waals surface area (Å²) in [6, 6.07) is 4.53. The van der Waals surface area contributed by atoms with Crippen LogP contribution in [0.4, 0.5) is 4.39 Å². The number of benzene rings is 1. The number of rotatable bonds is 6. The Bertz CT molecular complexity index is 419. The molecular formula is C14H20ClFN2O. The highest BCUT2D eigenvalue weighted by atomic mass is 35.5. The van der Waals surface area contributed by atoms with Crippen LogP contribution in [-0.2, 0) is 11.3 Å². The summed E-state index contributed by atoms with van der Waals surface area (Å²) >= 11 is 5.99. The molecule has 0 spiro atoms. The van der Waals surface area contributed by atoms with E-state index in [-0.39, 0.29) is 30.7 Å². The smallest absolute Gasteiger partial charge is 0.226 e. The van der Waals surface area contributed by atoms with Gasteiger partial charge in [0, 0.05) is 36.1 Å². The predicted molar refractivity (Wildman–Crippen MR) is 75.3 cm³/mol. The third kappa shape index (κ3) is 4.18. The maximum Gasteiger partial charge on any atom is 0.226 e. The summed E-state index contributed by atoms with van der Waals surface area (Å²) in [5, 5.41) is 0.342. The fourth-order valence-corrected chi connectivity index (χ4v) is 2.05. The minimum absolute atomic E-state index is 0.0660. The first-order chi connectivity index (χ1) is 9.01. The van der Waals surface area contributed by atoms with Gasteiger partial charge in [-0.2, -0.15) is 0 Å². The van der Waals surface area contributed by atoms with Crippen LogP contribution in [0.15, 0.2) is 18.2 Å². The molecule has 0 bridgehead atoms. The van der Waals surface area contributed by atoms with Gasteiger partial charge in [0.05, 0.1) is 0 Å². The molecule has 0 aliphatic carbocycles. The number of nitrogens with two attached hydrogens (primary N) is 1. The minimum Gasteiger partial charge on any atom is -0.338 e. The van der Waals surface area contributed by atoms with Gasteiger partial charge in [-0.3, -0.25) is 4.79 Å². The molecule has 1 unspecified atom stereocenters. The van der Waals surface area contributed by atoms with Gasteiger partial charge in [0.15, 0.2) is 0 Å². The lowest BCUT2D eigenvalue weighted by Crippen LogP contribution is -2.38. The fraction of sp³-hybridized carbons (Fsp3) is 0.500. The van der Waals surface area contributed by atoms with Crippen LogP contribution in [0.3, 0.4) is 0 Å². The fourth-order valence-electron chi connectivity index (χ4n) is 1.82. The molecule has 1 aromatic rings. The van der Waals surface area contributed by atoms with Gasteiger partial charge in [0.2, 0.25) is 5.91 Å². The molecule has 1 rings (SSSR count). The first-order valence-corrected chi connectivity index (χ1v) is 6.80. The average Bonchev–Trinajstić information content (AvgIpc) is 2.40. The van der Waals surface area contributed by atoms with Crippen LogP contribution in [0.25, 0.3) is 0 Å². The monoisotopic (exact) mass is 286 g/mol. The van der Waals surface area contributed by atoms with Gasteiger partial charge in [0.25, 0.3) is 0 Å². The van der Waals surface area contributed by atoms with E-state index in [1.807, 2.05) is 6.92 Å². The third-order valence-electron chi connectivity index (χ3n) is 2.99. The molecule has 0 aliphatic heterocycles. The summed E-state index contributed by atoms with van der Waals surface area (Å²) in [5.41, 5.74) is 5.87. The van der Waals surface area contributed by atoms with Crippen molar-refractivity contribution in [2.45, 2.75) is 26.8 Å². The van der Waals surface area contributed by atoms with E-state index in [9.17, 15) is 9.18 Å². The van der Waals surface area contributed by atoms with Gasteiger partial charge in [-0.05, 0) is 18.6 Å². The van der Waals surface area contributed by atoms with Crippen LogP contribution in [0.1, 0.15) is 25.8 Å². The van der Waals surface area contributed by atoms with Gasteiger partial charge < -0.3 is 10.6 Å². The second-order valence-corrected chi connectivity index (χ2v) is 5.00. The maximum absolute atomic E-state index is 13.8. The van der Waals surface area contributed by atoms with E-state index in [2.05, 4.69) is 0 Å². The first kappa shape index (κ1) is 15.9. The standard InChI is InChI=1S/C14H20ClFN2O/c1-3-7-18(14(19)10(2)8-17)9-11-12(15)5-4-6-13(11)16/h4-6,10H,3,7-9,17H2,1-2H3. The van der Waals surface area contributed by atoms with Crippen molar-refractivity contribution in [2.75, 3.05) is 13.1 Å². The molecule has 0 saturated heterocycles. The second kappa shape index (κ2) is 7.46. The normalized spacial score (nSPS) is 12.3. The lowest BCUT2D eigenvalue weighted by Gasteiger charge is -2.25. The van der Waals surface area contributed by atoms with Crippen molar-refractivity contribution in [3.63, 3.8) is 0 Å². The van der Waals surface area contributed by atoms with Crippen molar-refractivity contribution in [1.82, 2.24) is 4.90 Å². The van der Waals surface area contributed by atoms with Crippen LogP contribution < -0.4 is 5.73 Å². The summed E-state index contributed by atoms with van der Waals surface area (Å²) < 4.78 is 13.8. The Morgan fingerprint density at radius 1 is 1.53 bits per heavy atom. The van der Waals surface area contributed by atoms with Gasteiger partial charge in [-0.1, -0.05) is 31.5 Å². The van der Waals surface area contributed by atoms with E-state index in [1.54, 1.807) is 24.0 Å². The van der Waals surface area contributed by atoms with Crippen molar-refractivity contribution >= 4 is 17.5 Å². The molecule has 2 N–H and O–H groups in total. The number of halogens is 2. The summed E-state index contributed by atoms with van der Waals surface area (Å²) in [6.07, 6.45) is 0.801. The minimum atomic E-state index is -0.387. The largest absolute Gasteiger partial charge is 0.338 e. The van der Waals surface area contributed by atoms with Gasteiger partial charge in [-0.25, -0.2) is 4.39 Å². The number of nitrogens with zero attached hydrogens (tertiary/aromatic N) is 1. The van der Waals surface area contributed by atoms with E-state index in [0.29, 0.717) is 17.1 Å². The van der Waals surface area contributed by atoms with Crippen molar-refractivity contribution < 1.29 is 9.18 Å². The SMILES string of the molecule is CCCN(Cc1c(F)cccc1Cl)C(=O)C(C)CN. The van der Waals surface area contributed by atoms with Gasteiger partial charge in [-0.15, -0.1) is 0 Å². The molecule has 0 radical (unpaired) electrons. The highest BCUT2D eigenvalue weighted by Crippen LogP contribution is 2.21.